The Balaban J connectivity index is 1.18. The number of benzene rings is 2. The maximum absolute atomic E-state index is 11.2. The van der Waals surface area contributed by atoms with E-state index in [0.29, 0.717) is 56.7 Å². The van der Waals surface area contributed by atoms with Crippen LogP contribution in [0, 0.1) is 0 Å². The fourth-order valence-electron chi connectivity index (χ4n) is 4.80. The maximum atomic E-state index is 11.2. The number of carboxylic acid groups (broad SMARTS) is 2. The van der Waals surface area contributed by atoms with E-state index in [-0.39, 0.29) is 23.0 Å². The zero-order valence-corrected chi connectivity index (χ0v) is 24.1. The van der Waals surface area contributed by atoms with Crippen molar-refractivity contribution in [3.63, 3.8) is 0 Å². The summed E-state index contributed by atoms with van der Waals surface area (Å²) in [7, 11) is 0. The smallest absolute Gasteiger partial charge is 0.329 e. The zero-order chi connectivity index (χ0) is 29.5. The molecular weight excluding hydrogens is 568 g/mol. The lowest BCUT2D eigenvalue weighted by Gasteiger charge is -2.11. The zero-order valence-electron chi connectivity index (χ0n) is 22.5. The van der Waals surface area contributed by atoms with Gasteiger partial charge in [0.1, 0.15) is 33.1 Å². The topological polar surface area (TPSA) is 180 Å². The number of aliphatic carboxylic acids is 2. The van der Waals surface area contributed by atoms with Crippen LogP contribution in [0.25, 0.3) is 0 Å². The van der Waals surface area contributed by atoms with Gasteiger partial charge >= 0.3 is 11.9 Å². The van der Waals surface area contributed by atoms with Crippen LogP contribution in [0.5, 0.6) is 23.0 Å². The summed E-state index contributed by atoms with van der Waals surface area (Å²) >= 11 is 2.57. The Morgan fingerprint density at radius 1 is 0.610 bits per heavy atom. The summed E-state index contributed by atoms with van der Waals surface area (Å²) in [6.45, 7) is 0. The first-order valence-corrected chi connectivity index (χ1v) is 15.6. The number of unbranched alkanes of at least 4 members (excludes halogenated alkanes) is 6. The fourth-order valence-corrected chi connectivity index (χ4v) is 6.90. The van der Waals surface area contributed by atoms with E-state index in [9.17, 15) is 30.0 Å². The number of hydrogen-bond acceptors (Lipinski definition) is 10. The third kappa shape index (κ3) is 7.88. The van der Waals surface area contributed by atoms with Crippen LogP contribution in [-0.2, 0) is 22.4 Å². The average Bonchev–Trinajstić information content (AvgIpc) is 3.61. The molecule has 0 fully saturated rings. The number of phenolic OH excluding ortho intramolecular Hbond substituents is 4. The Bertz CT molecular complexity index is 1260. The number of thioether (sulfide) groups is 2. The Hall–Kier alpha value is -3.38. The molecule has 0 saturated heterocycles. The van der Waals surface area contributed by atoms with Gasteiger partial charge in [0.05, 0.1) is 0 Å². The first-order valence-electron chi connectivity index (χ1n) is 13.6. The lowest BCUT2D eigenvalue weighted by molar-refractivity contribution is -0.138. The Labute approximate surface area is 246 Å². The first-order chi connectivity index (χ1) is 19.6. The molecular formula is C29H34N2O8S2. The number of aliphatic imine (C=N–C) groups is 2. The SMILES string of the molecule is O=C(O)C1CSC(c2cc(CCCCCCCCCc3cc(C4=NC(C(=O)O)CS4)c(O)cc3O)c(O)cc2O)=N1. The quantitative estimate of drug-likeness (QED) is 0.163. The van der Waals surface area contributed by atoms with Crippen LogP contribution in [-0.4, -0.2) is 76.3 Å². The van der Waals surface area contributed by atoms with Gasteiger partial charge in [0, 0.05) is 34.8 Å². The molecule has 4 rings (SSSR count). The third-order valence-electron chi connectivity index (χ3n) is 7.12. The van der Waals surface area contributed by atoms with Gasteiger partial charge in [-0.05, 0) is 48.9 Å². The molecule has 2 aromatic rings. The van der Waals surface area contributed by atoms with Crippen LogP contribution < -0.4 is 0 Å². The van der Waals surface area contributed by atoms with Crippen LogP contribution in [0.2, 0.25) is 0 Å². The number of carbonyl (C=O) groups is 2. The number of aromatic hydroxyl groups is 4. The number of rotatable bonds is 14. The number of carboxylic acids is 2. The molecule has 0 amide bonds. The van der Waals surface area contributed by atoms with Gasteiger partial charge in [-0.1, -0.05) is 32.1 Å². The summed E-state index contributed by atoms with van der Waals surface area (Å²) in [4.78, 5) is 30.7. The molecule has 2 heterocycles. The highest BCUT2D eigenvalue weighted by atomic mass is 32.2. The van der Waals surface area contributed by atoms with Gasteiger partial charge in [0.15, 0.2) is 12.1 Å². The molecule has 0 aromatic heterocycles. The number of aryl methyl sites for hydroxylation is 2. The molecule has 2 aliphatic rings. The summed E-state index contributed by atoms with van der Waals surface area (Å²) in [5.74, 6) is -1.54. The van der Waals surface area contributed by atoms with Gasteiger partial charge in [0.25, 0.3) is 0 Å². The molecule has 41 heavy (non-hydrogen) atoms. The van der Waals surface area contributed by atoms with E-state index in [2.05, 4.69) is 9.98 Å². The molecule has 2 atom stereocenters. The minimum atomic E-state index is -0.996. The molecule has 10 nitrogen and oxygen atoms in total. The molecule has 12 heteroatoms. The van der Waals surface area contributed by atoms with Gasteiger partial charge in [-0.3, -0.25) is 9.98 Å². The van der Waals surface area contributed by atoms with Crippen molar-refractivity contribution in [1.82, 2.24) is 0 Å². The highest BCUT2D eigenvalue weighted by molar-refractivity contribution is 8.15. The molecule has 2 aromatic carbocycles. The highest BCUT2D eigenvalue weighted by Crippen LogP contribution is 2.35. The minimum absolute atomic E-state index is 0.0190. The molecule has 220 valence electrons. The lowest BCUT2D eigenvalue weighted by Crippen LogP contribution is -2.17. The monoisotopic (exact) mass is 602 g/mol. The number of hydrogen-bond donors (Lipinski definition) is 6. The van der Waals surface area contributed by atoms with E-state index in [0.717, 1.165) is 44.9 Å². The molecule has 0 spiro atoms. The minimum Gasteiger partial charge on any atom is -0.508 e. The van der Waals surface area contributed by atoms with Crippen molar-refractivity contribution in [2.45, 2.75) is 69.9 Å². The normalized spacial score (nSPS) is 18.3. The van der Waals surface area contributed by atoms with Gasteiger partial charge in [-0.2, -0.15) is 0 Å². The van der Waals surface area contributed by atoms with Crippen molar-refractivity contribution < 1.29 is 40.2 Å². The van der Waals surface area contributed by atoms with E-state index >= 15 is 0 Å². The summed E-state index contributed by atoms with van der Waals surface area (Å²) in [6.07, 6.45) is 8.08. The summed E-state index contributed by atoms with van der Waals surface area (Å²) in [5, 5.41) is 60.3. The summed E-state index contributed by atoms with van der Waals surface area (Å²) in [5.41, 5.74) is 2.32. The van der Waals surface area contributed by atoms with Crippen molar-refractivity contribution in [2.75, 3.05) is 11.5 Å². The van der Waals surface area contributed by atoms with Crippen LogP contribution in [0.15, 0.2) is 34.3 Å². The van der Waals surface area contributed by atoms with Crippen molar-refractivity contribution in [3.8, 4) is 23.0 Å². The number of nitrogens with zero attached hydrogens (tertiary/aromatic N) is 2. The molecule has 0 bridgehead atoms. The Morgan fingerprint density at radius 3 is 1.32 bits per heavy atom. The molecule has 0 saturated carbocycles. The van der Waals surface area contributed by atoms with Gasteiger partial charge in [0.2, 0.25) is 0 Å². The van der Waals surface area contributed by atoms with E-state index in [1.54, 1.807) is 12.1 Å². The summed E-state index contributed by atoms with van der Waals surface area (Å²) in [6, 6.07) is 4.35. The predicted molar refractivity (Wildman–Crippen MR) is 160 cm³/mol. The van der Waals surface area contributed by atoms with Gasteiger partial charge < -0.3 is 30.6 Å². The predicted octanol–water partition coefficient (Wildman–Crippen LogP) is 4.92. The van der Waals surface area contributed by atoms with Gasteiger partial charge in [-0.15, -0.1) is 23.5 Å². The van der Waals surface area contributed by atoms with Crippen LogP contribution in [0.3, 0.4) is 0 Å². The standard InChI is InChI=1S/C29H34N2O8S2/c32-22-12-24(34)18(26-30-20(14-40-26)28(36)37)10-16(22)8-6-4-2-1-3-5-7-9-17-11-19(25(35)13-23(17)33)27-31-21(15-41-27)29(38)39/h10-13,20-21,32-35H,1-9,14-15H2,(H,36,37)(H,38,39). The van der Waals surface area contributed by atoms with Crippen molar-refractivity contribution >= 4 is 45.5 Å². The second-order valence-corrected chi connectivity index (χ2v) is 12.2. The van der Waals surface area contributed by atoms with Gasteiger partial charge in [-0.25, -0.2) is 9.59 Å². The second-order valence-electron chi connectivity index (χ2n) is 10.2. The molecule has 6 N–H and O–H groups in total. The van der Waals surface area contributed by atoms with Crippen LogP contribution in [0.4, 0.5) is 0 Å². The van der Waals surface area contributed by atoms with Crippen molar-refractivity contribution in [2.24, 2.45) is 9.98 Å². The second kappa shape index (κ2) is 14.0. The van der Waals surface area contributed by atoms with Crippen LogP contribution >= 0.6 is 23.5 Å². The van der Waals surface area contributed by atoms with E-state index in [1.165, 1.54) is 35.7 Å². The number of phenols is 4. The molecule has 2 aliphatic heterocycles. The van der Waals surface area contributed by atoms with Crippen molar-refractivity contribution in [3.05, 3.63) is 46.5 Å². The lowest BCUT2D eigenvalue weighted by atomic mass is 10.00. The molecule has 0 radical (unpaired) electrons. The maximum Gasteiger partial charge on any atom is 0.329 e. The molecule has 2 unspecified atom stereocenters. The fraction of sp³-hybridized carbons (Fsp3) is 0.448. The largest absolute Gasteiger partial charge is 0.508 e. The summed E-state index contributed by atoms with van der Waals surface area (Å²) < 4.78 is 0. The van der Waals surface area contributed by atoms with Crippen molar-refractivity contribution in [1.29, 1.82) is 0 Å². The highest BCUT2D eigenvalue weighted by Gasteiger charge is 2.28. The van der Waals surface area contributed by atoms with E-state index in [4.69, 9.17) is 10.2 Å². The first kappa shape index (κ1) is 30.6. The van der Waals surface area contributed by atoms with E-state index in [1.807, 2.05) is 0 Å². The van der Waals surface area contributed by atoms with E-state index < -0.39 is 24.0 Å². The Kier molecular flexibility index (Phi) is 10.4. The average molecular weight is 603 g/mol. The van der Waals surface area contributed by atoms with Crippen LogP contribution in [0.1, 0.15) is 67.2 Å². The third-order valence-corrected chi connectivity index (χ3v) is 9.28. The Morgan fingerprint density at radius 2 is 0.976 bits per heavy atom. The molecule has 0 aliphatic carbocycles.